The smallest absolute Gasteiger partial charge is 0.306 e. The molecule has 4 aromatic rings. The van der Waals surface area contributed by atoms with E-state index in [-0.39, 0.29) is 18.4 Å². The van der Waals surface area contributed by atoms with E-state index < -0.39 is 11.9 Å². The first-order valence-electron chi connectivity index (χ1n) is 14.7. The molecule has 9 nitrogen and oxygen atoms in total. The number of aromatic nitrogens is 4. The van der Waals surface area contributed by atoms with Crippen LogP contribution < -0.4 is 0 Å². The average molecular weight is 595 g/mol. The fourth-order valence-corrected chi connectivity index (χ4v) is 6.45. The third-order valence-electron chi connectivity index (χ3n) is 8.29. The molecular formula is C33H35N6O3P. The molecule has 220 valence electrons. The molecule has 4 atom stereocenters. The van der Waals surface area contributed by atoms with Crippen LogP contribution in [-0.2, 0) is 14.3 Å². The second kappa shape index (κ2) is 12.9. The Hall–Kier alpha value is -4.25. The molecule has 0 saturated carbocycles. The van der Waals surface area contributed by atoms with E-state index in [4.69, 9.17) is 4.74 Å². The third-order valence-corrected chi connectivity index (χ3v) is 8.91. The molecule has 1 amide bonds. The van der Waals surface area contributed by atoms with Crippen molar-refractivity contribution in [1.29, 1.82) is 0 Å². The largest absolute Gasteiger partial charge is 0.469 e. The molecule has 43 heavy (non-hydrogen) atoms. The summed E-state index contributed by atoms with van der Waals surface area (Å²) >= 11 is 0. The number of H-pyrrole nitrogens is 2. The summed E-state index contributed by atoms with van der Waals surface area (Å²) in [6.07, 6.45) is 7.54. The lowest BCUT2D eigenvalue weighted by Gasteiger charge is -2.28. The summed E-state index contributed by atoms with van der Waals surface area (Å²) in [4.78, 5) is 43.8. The molecule has 4 heterocycles. The van der Waals surface area contributed by atoms with Crippen LogP contribution >= 0.6 is 9.39 Å². The van der Waals surface area contributed by atoms with E-state index in [9.17, 15) is 9.59 Å². The van der Waals surface area contributed by atoms with Gasteiger partial charge in [0, 0.05) is 18.7 Å². The Morgan fingerprint density at radius 1 is 0.953 bits per heavy atom. The molecule has 2 N–H and O–H groups in total. The molecule has 0 bridgehead atoms. The van der Waals surface area contributed by atoms with Crippen LogP contribution in [0.2, 0.25) is 0 Å². The zero-order chi connectivity index (χ0) is 29.8. The lowest BCUT2D eigenvalue weighted by molar-refractivity contribution is -0.145. The van der Waals surface area contributed by atoms with Gasteiger partial charge in [0.1, 0.15) is 17.3 Å². The Balaban J connectivity index is 1.14. The number of carbonyl (C=O) groups is 2. The highest BCUT2D eigenvalue weighted by molar-refractivity contribution is 7.13. The number of nitrogens with zero attached hydrogens (tertiary/aromatic N) is 4. The third kappa shape index (κ3) is 6.41. The Kier molecular flexibility index (Phi) is 8.69. The first-order valence-corrected chi connectivity index (χ1v) is 15.2. The van der Waals surface area contributed by atoms with Gasteiger partial charge in [-0.15, -0.1) is 0 Å². The van der Waals surface area contributed by atoms with Gasteiger partial charge in [-0.2, -0.15) is 0 Å². The summed E-state index contributed by atoms with van der Waals surface area (Å²) in [5.41, 5.74) is 4.43. The predicted molar refractivity (Wildman–Crippen MR) is 166 cm³/mol. The Morgan fingerprint density at radius 2 is 1.67 bits per heavy atom. The van der Waals surface area contributed by atoms with Gasteiger partial charge in [0.15, 0.2) is 0 Å². The van der Waals surface area contributed by atoms with Gasteiger partial charge in [-0.3, -0.25) is 14.3 Å². The van der Waals surface area contributed by atoms with E-state index in [1.54, 1.807) is 6.20 Å². The summed E-state index contributed by atoms with van der Waals surface area (Å²) in [7, 11) is 4.15. The highest BCUT2D eigenvalue weighted by atomic mass is 31.0. The summed E-state index contributed by atoms with van der Waals surface area (Å²) in [5.74, 6) is 6.98. The number of nitrogens with one attached hydrogen (secondary N) is 2. The maximum atomic E-state index is 13.8. The van der Waals surface area contributed by atoms with Gasteiger partial charge < -0.3 is 19.6 Å². The van der Waals surface area contributed by atoms with Gasteiger partial charge in [0.05, 0.1) is 49.6 Å². The number of hydrogen-bond donors (Lipinski definition) is 2. The van der Waals surface area contributed by atoms with Gasteiger partial charge in [0.2, 0.25) is 5.91 Å². The van der Waals surface area contributed by atoms with Crippen LogP contribution in [0.4, 0.5) is 0 Å². The molecule has 2 saturated heterocycles. The molecule has 2 aromatic carbocycles. The van der Waals surface area contributed by atoms with Crippen molar-refractivity contribution in [2.75, 3.05) is 20.2 Å². The number of amides is 1. The molecular weight excluding hydrogens is 559 g/mol. The highest BCUT2D eigenvalue weighted by Gasteiger charge is 2.37. The minimum Gasteiger partial charge on any atom is -0.469 e. The van der Waals surface area contributed by atoms with Crippen molar-refractivity contribution in [3.63, 3.8) is 0 Å². The zero-order valence-electron chi connectivity index (χ0n) is 24.1. The molecule has 0 radical (unpaired) electrons. The number of imidazole rings is 2. The number of likely N-dealkylation sites (tertiary alicyclic amines) is 1. The Morgan fingerprint density at radius 3 is 2.42 bits per heavy atom. The number of aromatic amines is 2. The normalized spacial score (nSPS) is 19.2. The molecule has 2 aromatic heterocycles. The fraction of sp³-hybridized carbons (Fsp3) is 0.333. The van der Waals surface area contributed by atoms with Crippen molar-refractivity contribution in [3.8, 4) is 23.1 Å². The van der Waals surface area contributed by atoms with Crippen molar-refractivity contribution < 1.29 is 14.3 Å². The first kappa shape index (κ1) is 28.9. The number of benzene rings is 2. The number of methoxy groups -OCH3 is 1. The first-order chi connectivity index (χ1) is 21.0. The number of carbonyl (C=O) groups excluding carboxylic acids is 2. The average Bonchev–Trinajstić information content (AvgIpc) is 3.86. The molecule has 2 fully saturated rings. The standard InChI is InChI=1S/C33H35N6O3P/c1-42-30(40)19-26(23-7-3-2-4-8-23)33(41)38-17-5-9-28(38)31-34-20-25(36-31)16-13-22-11-14-24(15-12-22)27-21-35-32(37-27)29-10-6-18-39(29)43/h2-4,7-8,11-12,14-15,20-21,26,28-29H,5-6,9-10,17-19,43H2,1H3,(H,34,36)(H,35,37)/t26-,28?,29+/m1/s1. The van der Waals surface area contributed by atoms with Gasteiger partial charge in [-0.25, -0.2) is 9.97 Å². The second-order valence-electron chi connectivity index (χ2n) is 11.0. The van der Waals surface area contributed by atoms with Crippen molar-refractivity contribution in [2.24, 2.45) is 0 Å². The van der Waals surface area contributed by atoms with Crippen molar-refractivity contribution in [1.82, 2.24) is 29.5 Å². The van der Waals surface area contributed by atoms with E-state index >= 15 is 0 Å². The van der Waals surface area contributed by atoms with E-state index in [2.05, 4.69) is 45.8 Å². The molecule has 10 heteroatoms. The van der Waals surface area contributed by atoms with Crippen LogP contribution in [0.3, 0.4) is 0 Å². The van der Waals surface area contributed by atoms with Crippen molar-refractivity contribution >= 4 is 21.3 Å². The topological polar surface area (TPSA) is 107 Å². The Labute approximate surface area is 253 Å². The van der Waals surface area contributed by atoms with Gasteiger partial charge >= 0.3 is 5.97 Å². The van der Waals surface area contributed by atoms with Crippen LogP contribution in [0.5, 0.6) is 0 Å². The van der Waals surface area contributed by atoms with E-state index in [0.717, 1.165) is 54.0 Å². The van der Waals surface area contributed by atoms with E-state index in [1.807, 2.05) is 65.7 Å². The van der Waals surface area contributed by atoms with Crippen LogP contribution in [0.15, 0.2) is 67.0 Å². The number of ether oxygens (including phenoxy) is 1. The highest BCUT2D eigenvalue weighted by Crippen LogP contribution is 2.35. The molecule has 2 aliphatic rings. The molecule has 2 unspecified atom stereocenters. The van der Waals surface area contributed by atoms with Gasteiger partial charge in [-0.05, 0) is 54.9 Å². The van der Waals surface area contributed by atoms with Gasteiger partial charge in [0.25, 0.3) is 0 Å². The van der Waals surface area contributed by atoms with E-state index in [0.29, 0.717) is 24.1 Å². The summed E-state index contributed by atoms with van der Waals surface area (Å²) in [6, 6.07) is 17.6. The maximum Gasteiger partial charge on any atom is 0.306 e. The fourth-order valence-electron chi connectivity index (χ4n) is 5.98. The van der Waals surface area contributed by atoms with Crippen LogP contribution in [0.25, 0.3) is 11.3 Å². The van der Waals surface area contributed by atoms with Crippen LogP contribution in [-0.4, -0.2) is 61.6 Å². The van der Waals surface area contributed by atoms with Crippen LogP contribution in [0.1, 0.15) is 78.6 Å². The Bertz CT molecular complexity index is 1640. The molecule has 6 rings (SSSR count). The van der Waals surface area contributed by atoms with Crippen molar-refractivity contribution in [3.05, 3.63) is 95.5 Å². The SMILES string of the molecule is COC(=O)C[C@@H](C(=O)N1CCCC1c1ncc(C#Cc2ccc(-c3cnc([C@@H]4CCCN4P)[nH]3)cc2)[nH]1)c1ccccc1. The number of rotatable bonds is 7. The quantitative estimate of drug-likeness (QED) is 0.174. The summed E-state index contributed by atoms with van der Waals surface area (Å²) in [6.45, 7) is 1.68. The zero-order valence-corrected chi connectivity index (χ0v) is 25.3. The minimum absolute atomic E-state index is 0.00517. The second-order valence-corrected chi connectivity index (χ2v) is 11.7. The summed E-state index contributed by atoms with van der Waals surface area (Å²) < 4.78 is 7.16. The van der Waals surface area contributed by atoms with E-state index in [1.165, 1.54) is 13.5 Å². The summed E-state index contributed by atoms with van der Waals surface area (Å²) in [5, 5.41) is 0. The van der Waals surface area contributed by atoms with Crippen molar-refractivity contribution in [2.45, 2.75) is 50.1 Å². The minimum atomic E-state index is -0.608. The number of esters is 1. The number of hydrogen-bond acceptors (Lipinski definition) is 6. The molecule has 0 aliphatic carbocycles. The maximum absolute atomic E-state index is 13.8. The monoisotopic (exact) mass is 594 g/mol. The predicted octanol–water partition coefficient (Wildman–Crippen LogP) is 5.14. The van der Waals surface area contributed by atoms with Crippen LogP contribution in [0, 0.1) is 11.8 Å². The molecule has 2 aliphatic heterocycles. The van der Waals surface area contributed by atoms with Gasteiger partial charge in [-0.1, -0.05) is 57.8 Å². The lowest BCUT2D eigenvalue weighted by Crippen LogP contribution is -2.36. The molecule has 0 spiro atoms. The lowest BCUT2D eigenvalue weighted by atomic mass is 9.94.